The SMILES string of the molecule is CC(C)(C)OC(=O)NCC#Cc1ccc([N+](=O)[O-])nc1. The van der Waals surface area contributed by atoms with Crippen molar-refractivity contribution < 1.29 is 14.5 Å². The highest BCUT2D eigenvalue weighted by atomic mass is 16.6. The van der Waals surface area contributed by atoms with Crippen LogP contribution in [0.3, 0.4) is 0 Å². The molecular formula is C13H15N3O4. The van der Waals surface area contributed by atoms with Gasteiger partial charge in [-0.3, -0.25) is 0 Å². The number of ether oxygens (including phenoxy) is 1. The van der Waals surface area contributed by atoms with Crippen LogP contribution in [0.2, 0.25) is 0 Å². The second kappa shape index (κ2) is 6.52. The third-order valence-corrected chi connectivity index (χ3v) is 1.89. The third-order valence-electron chi connectivity index (χ3n) is 1.89. The highest BCUT2D eigenvalue weighted by molar-refractivity contribution is 5.68. The van der Waals surface area contributed by atoms with Crippen LogP contribution in [-0.2, 0) is 4.74 Å². The molecule has 0 saturated carbocycles. The minimum Gasteiger partial charge on any atom is -0.444 e. The van der Waals surface area contributed by atoms with Crippen LogP contribution < -0.4 is 5.32 Å². The average molecular weight is 277 g/mol. The maximum Gasteiger partial charge on any atom is 0.408 e. The van der Waals surface area contributed by atoms with Gasteiger partial charge >= 0.3 is 11.9 Å². The molecule has 0 bridgehead atoms. The number of alkyl carbamates (subject to hydrolysis) is 1. The zero-order valence-corrected chi connectivity index (χ0v) is 11.5. The molecule has 0 aliphatic heterocycles. The summed E-state index contributed by atoms with van der Waals surface area (Å²) in [6.45, 7) is 5.41. The zero-order chi connectivity index (χ0) is 15.2. The van der Waals surface area contributed by atoms with Crippen molar-refractivity contribution in [3.8, 4) is 11.8 Å². The van der Waals surface area contributed by atoms with Crippen molar-refractivity contribution in [1.29, 1.82) is 0 Å². The Hall–Kier alpha value is -2.62. The van der Waals surface area contributed by atoms with Crippen LogP contribution in [0.15, 0.2) is 18.3 Å². The average Bonchev–Trinajstić information content (AvgIpc) is 2.33. The summed E-state index contributed by atoms with van der Waals surface area (Å²) in [6, 6.07) is 2.76. The number of aromatic nitrogens is 1. The second-order valence-corrected chi connectivity index (χ2v) is 4.82. The molecule has 1 aromatic rings. The number of nitro groups is 1. The van der Waals surface area contributed by atoms with Crippen molar-refractivity contribution >= 4 is 11.9 Å². The summed E-state index contributed by atoms with van der Waals surface area (Å²) in [5, 5.41) is 12.9. The van der Waals surface area contributed by atoms with Gasteiger partial charge in [0.05, 0.1) is 12.1 Å². The minimum atomic E-state index is -0.582. The maximum atomic E-state index is 11.3. The van der Waals surface area contributed by atoms with Crippen molar-refractivity contribution in [1.82, 2.24) is 10.3 Å². The zero-order valence-electron chi connectivity index (χ0n) is 11.5. The van der Waals surface area contributed by atoms with Gasteiger partial charge in [0.25, 0.3) is 0 Å². The van der Waals surface area contributed by atoms with E-state index < -0.39 is 16.6 Å². The maximum absolute atomic E-state index is 11.3. The quantitative estimate of drug-likeness (QED) is 0.506. The Morgan fingerprint density at radius 3 is 2.70 bits per heavy atom. The van der Waals surface area contributed by atoms with Gasteiger partial charge in [-0.1, -0.05) is 11.8 Å². The summed E-state index contributed by atoms with van der Waals surface area (Å²) in [4.78, 5) is 24.8. The summed E-state index contributed by atoms with van der Waals surface area (Å²) in [5.41, 5.74) is -0.0265. The Kier molecular flexibility index (Phi) is 5.03. The van der Waals surface area contributed by atoms with Gasteiger partial charge in [0, 0.05) is 6.07 Å². The fraction of sp³-hybridized carbons (Fsp3) is 0.385. The lowest BCUT2D eigenvalue weighted by atomic mass is 10.2. The van der Waals surface area contributed by atoms with E-state index >= 15 is 0 Å². The molecule has 20 heavy (non-hydrogen) atoms. The van der Waals surface area contributed by atoms with Crippen LogP contribution >= 0.6 is 0 Å². The molecular weight excluding hydrogens is 262 g/mol. The molecule has 106 valence electrons. The van der Waals surface area contributed by atoms with Gasteiger partial charge in [0.15, 0.2) is 6.20 Å². The topological polar surface area (TPSA) is 94.4 Å². The normalized spacial score (nSPS) is 10.2. The van der Waals surface area contributed by atoms with Crippen molar-refractivity contribution in [3.63, 3.8) is 0 Å². The highest BCUT2D eigenvalue weighted by Crippen LogP contribution is 2.07. The van der Waals surface area contributed by atoms with Gasteiger partial charge in [-0.05, 0) is 36.7 Å². The molecule has 0 radical (unpaired) electrons. The fourth-order valence-corrected chi connectivity index (χ4v) is 1.14. The number of nitrogens with one attached hydrogen (secondary N) is 1. The number of hydrogen-bond acceptors (Lipinski definition) is 5. The summed E-state index contributed by atoms with van der Waals surface area (Å²) in [7, 11) is 0. The highest BCUT2D eigenvalue weighted by Gasteiger charge is 2.15. The molecule has 1 amide bonds. The van der Waals surface area contributed by atoms with E-state index in [1.54, 1.807) is 20.8 Å². The number of carbonyl (C=O) groups excluding carboxylic acids is 1. The number of nitrogens with zero attached hydrogens (tertiary/aromatic N) is 2. The van der Waals surface area contributed by atoms with Gasteiger partial charge in [-0.2, -0.15) is 0 Å². The number of amides is 1. The molecule has 1 rings (SSSR count). The Bertz CT molecular complexity index is 550. The Morgan fingerprint density at radius 2 is 2.20 bits per heavy atom. The second-order valence-electron chi connectivity index (χ2n) is 4.82. The predicted octanol–water partition coefficient (Wildman–Crippen LogP) is 1.87. The van der Waals surface area contributed by atoms with Gasteiger partial charge in [-0.15, -0.1) is 0 Å². The summed E-state index contributed by atoms with van der Waals surface area (Å²) >= 11 is 0. The Labute approximate surface area is 116 Å². The first-order valence-corrected chi connectivity index (χ1v) is 5.84. The van der Waals surface area contributed by atoms with E-state index in [-0.39, 0.29) is 12.4 Å². The van der Waals surface area contributed by atoms with Crippen LogP contribution in [0.1, 0.15) is 26.3 Å². The minimum absolute atomic E-state index is 0.117. The fourth-order valence-electron chi connectivity index (χ4n) is 1.14. The van der Waals surface area contributed by atoms with E-state index in [2.05, 4.69) is 22.1 Å². The lowest BCUT2D eigenvalue weighted by molar-refractivity contribution is -0.389. The van der Waals surface area contributed by atoms with Crippen LogP contribution in [0.25, 0.3) is 0 Å². The molecule has 0 aromatic carbocycles. The monoisotopic (exact) mass is 277 g/mol. The van der Waals surface area contributed by atoms with E-state index in [0.717, 1.165) is 0 Å². The van der Waals surface area contributed by atoms with Crippen LogP contribution in [0.5, 0.6) is 0 Å². The lowest BCUT2D eigenvalue weighted by Crippen LogP contribution is -2.32. The van der Waals surface area contributed by atoms with E-state index in [9.17, 15) is 14.9 Å². The number of rotatable bonds is 2. The summed E-state index contributed by atoms with van der Waals surface area (Å²) < 4.78 is 5.03. The number of carbonyl (C=O) groups is 1. The molecule has 0 aliphatic rings. The molecule has 0 atom stereocenters. The molecule has 0 saturated heterocycles. The third kappa shape index (κ3) is 5.82. The first-order valence-electron chi connectivity index (χ1n) is 5.84. The van der Waals surface area contributed by atoms with Crippen molar-refractivity contribution in [3.05, 3.63) is 34.0 Å². The van der Waals surface area contributed by atoms with E-state index in [1.807, 2.05) is 0 Å². The van der Waals surface area contributed by atoms with Gasteiger partial charge in [-0.25, -0.2) is 4.79 Å². The first-order chi connectivity index (χ1) is 9.28. The van der Waals surface area contributed by atoms with Gasteiger partial charge in [0.1, 0.15) is 5.60 Å². The standard InChI is InChI=1S/C13H15N3O4/c1-13(2,3)20-12(17)14-8-4-5-10-6-7-11(15-9-10)16(18)19/h6-7,9H,8H2,1-3H3,(H,14,17). The van der Waals surface area contributed by atoms with Crippen molar-refractivity contribution in [2.75, 3.05) is 6.54 Å². The largest absolute Gasteiger partial charge is 0.444 e. The van der Waals surface area contributed by atoms with Crippen molar-refractivity contribution in [2.45, 2.75) is 26.4 Å². The van der Waals surface area contributed by atoms with Crippen LogP contribution in [0, 0.1) is 22.0 Å². The molecule has 1 aromatic heterocycles. The van der Waals surface area contributed by atoms with E-state index in [0.29, 0.717) is 5.56 Å². The summed E-state index contributed by atoms with van der Waals surface area (Å²) in [6.07, 6.45) is 0.757. The molecule has 0 spiro atoms. The Morgan fingerprint density at radius 1 is 1.50 bits per heavy atom. The molecule has 0 fully saturated rings. The molecule has 7 nitrogen and oxygen atoms in total. The Balaban J connectivity index is 2.47. The predicted molar refractivity (Wildman–Crippen MR) is 72.0 cm³/mol. The lowest BCUT2D eigenvalue weighted by Gasteiger charge is -2.18. The molecule has 1 heterocycles. The molecule has 0 unspecified atom stereocenters. The van der Waals surface area contributed by atoms with Crippen molar-refractivity contribution in [2.24, 2.45) is 0 Å². The summed E-state index contributed by atoms with van der Waals surface area (Å²) in [5.74, 6) is 5.18. The number of hydrogen-bond donors (Lipinski definition) is 1. The van der Waals surface area contributed by atoms with Crippen LogP contribution in [0.4, 0.5) is 10.6 Å². The van der Waals surface area contributed by atoms with E-state index in [4.69, 9.17) is 4.74 Å². The van der Waals surface area contributed by atoms with Gasteiger partial charge in [0.2, 0.25) is 0 Å². The first kappa shape index (κ1) is 15.4. The number of pyridine rings is 1. The van der Waals surface area contributed by atoms with Gasteiger partial charge < -0.3 is 20.2 Å². The van der Waals surface area contributed by atoms with Crippen LogP contribution in [-0.4, -0.2) is 28.1 Å². The molecule has 7 heteroatoms. The smallest absolute Gasteiger partial charge is 0.408 e. The molecule has 1 N–H and O–H groups in total. The molecule has 0 aliphatic carbocycles. The van der Waals surface area contributed by atoms with E-state index in [1.165, 1.54) is 18.3 Å².